The summed E-state index contributed by atoms with van der Waals surface area (Å²) in [4.78, 5) is 0. The molecule has 0 heterocycles. The summed E-state index contributed by atoms with van der Waals surface area (Å²) in [5.41, 5.74) is 0. The maximum absolute atomic E-state index is 3.53. The van der Waals surface area contributed by atoms with Crippen LogP contribution >= 0.6 is 0 Å². The van der Waals surface area contributed by atoms with Crippen molar-refractivity contribution in [1.29, 1.82) is 0 Å². The Labute approximate surface area is 108 Å². The summed E-state index contributed by atoms with van der Waals surface area (Å²) in [5.74, 6) is 0. The molecule has 0 atom stereocenters. The van der Waals surface area contributed by atoms with Gasteiger partial charge in [0.1, 0.15) is 0 Å². The van der Waals surface area contributed by atoms with E-state index in [2.05, 4.69) is 43.5 Å². The molecule has 0 fully saturated rings. The van der Waals surface area contributed by atoms with Crippen molar-refractivity contribution in [1.82, 2.24) is 5.32 Å². The fourth-order valence-corrected chi connectivity index (χ4v) is 1.84. The fourth-order valence-electron chi connectivity index (χ4n) is 1.84. The van der Waals surface area contributed by atoms with Crippen LogP contribution in [-0.2, 0) is 0 Å². The highest BCUT2D eigenvalue weighted by molar-refractivity contribution is 4.76. The van der Waals surface area contributed by atoms with Crippen LogP contribution in [0.5, 0.6) is 0 Å². The molecular weight excluding hydrogens is 206 g/mol. The molecule has 0 bridgehead atoms. The van der Waals surface area contributed by atoms with E-state index in [0.717, 1.165) is 0 Å². The van der Waals surface area contributed by atoms with Gasteiger partial charge in [0.15, 0.2) is 0 Å². The van der Waals surface area contributed by atoms with Gasteiger partial charge >= 0.3 is 0 Å². The van der Waals surface area contributed by atoms with E-state index in [-0.39, 0.29) is 0 Å². The zero-order valence-electron chi connectivity index (χ0n) is 11.9. The molecule has 0 spiro atoms. The molecular formula is C16H31N. The van der Waals surface area contributed by atoms with Crippen molar-refractivity contribution < 1.29 is 0 Å². The Morgan fingerprint density at radius 1 is 0.647 bits per heavy atom. The van der Waals surface area contributed by atoms with Gasteiger partial charge in [-0.25, -0.2) is 0 Å². The van der Waals surface area contributed by atoms with Crippen LogP contribution in [0.3, 0.4) is 0 Å². The second kappa shape index (κ2) is 15.4. The van der Waals surface area contributed by atoms with Crippen LogP contribution < -0.4 is 5.32 Å². The first-order chi connectivity index (χ1) is 8.41. The number of allylic oxidation sites excluding steroid dienone is 4. The van der Waals surface area contributed by atoms with E-state index in [1.165, 1.54) is 64.5 Å². The van der Waals surface area contributed by atoms with Crippen LogP contribution in [0.4, 0.5) is 0 Å². The first-order valence-corrected chi connectivity index (χ1v) is 7.34. The van der Waals surface area contributed by atoms with Crippen LogP contribution in [0, 0.1) is 0 Å². The quantitative estimate of drug-likeness (QED) is 0.378. The number of rotatable bonds is 12. The Bertz CT molecular complexity index is 162. The van der Waals surface area contributed by atoms with Gasteiger partial charge in [-0.1, -0.05) is 37.1 Å². The first kappa shape index (κ1) is 16.4. The Hall–Kier alpha value is -0.560. The van der Waals surface area contributed by atoms with Crippen LogP contribution in [0.15, 0.2) is 24.3 Å². The standard InChI is InChI=1S/C16H31N/c1-3-5-7-9-11-13-15-17-16-14-12-10-8-6-4-2/h3-6,17H,7-16H2,1-2H3/b5-3+,6-4+. The molecule has 0 saturated carbocycles. The minimum absolute atomic E-state index is 1.20. The van der Waals surface area contributed by atoms with Crippen molar-refractivity contribution >= 4 is 0 Å². The molecule has 1 heteroatoms. The van der Waals surface area contributed by atoms with Gasteiger partial charge in [-0.05, 0) is 65.5 Å². The molecule has 0 aromatic heterocycles. The largest absolute Gasteiger partial charge is 0.317 e. The zero-order chi connectivity index (χ0) is 12.6. The van der Waals surface area contributed by atoms with Crippen LogP contribution in [0.25, 0.3) is 0 Å². The van der Waals surface area contributed by atoms with Crippen molar-refractivity contribution in [2.24, 2.45) is 0 Å². The summed E-state index contributed by atoms with van der Waals surface area (Å²) in [7, 11) is 0. The summed E-state index contributed by atoms with van der Waals surface area (Å²) in [5, 5.41) is 3.53. The lowest BCUT2D eigenvalue weighted by atomic mass is 10.1. The molecule has 0 aromatic carbocycles. The number of nitrogens with one attached hydrogen (secondary N) is 1. The second-order valence-corrected chi connectivity index (χ2v) is 4.59. The summed E-state index contributed by atoms with van der Waals surface area (Å²) in [6, 6.07) is 0. The predicted octanol–water partition coefficient (Wildman–Crippen LogP) is 4.85. The van der Waals surface area contributed by atoms with Crippen molar-refractivity contribution in [3.63, 3.8) is 0 Å². The smallest absolute Gasteiger partial charge is 0.00489 e. The normalized spacial score (nSPS) is 11.9. The van der Waals surface area contributed by atoms with Crippen LogP contribution in [0.2, 0.25) is 0 Å². The lowest BCUT2D eigenvalue weighted by Crippen LogP contribution is -2.16. The topological polar surface area (TPSA) is 12.0 Å². The van der Waals surface area contributed by atoms with Crippen molar-refractivity contribution in [2.75, 3.05) is 13.1 Å². The zero-order valence-corrected chi connectivity index (χ0v) is 11.9. The second-order valence-electron chi connectivity index (χ2n) is 4.59. The van der Waals surface area contributed by atoms with Gasteiger partial charge in [0, 0.05) is 0 Å². The number of hydrogen-bond acceptors (Lipinski definition) is 1. The van der Waals surface area contributed by atoms with Crippen molar-refractivity contribution in [3.8, 4) is 0 Å². The highest BCUT2D eigenvalue weighted by Crippen LogP contribution is 2.01. The van der Waals surface area contributed by atoms with Gasteiger partial charge < -0.3 is 5.32 Å². The molecule has 0 aliphatic heterocycles. The summed E-state index contributed by atoms with van der Waals surface area (Å²) < 4.78 is 0. The molecule has 1 N–H and O–H groups in total. The van der Waals surface area contributed by atoms with Crippen LogP contribution in [0.1, 0.15) is 65.2 Å². The molecule has 0 unspecified atom stereocenters. The third-order valence-electron chi connectivity index (χ3n) is 2.92. The van der Waals surface area contributed by atoms with E-state index in [1.807, 2.05) is 0 Å². The van der Waals surface area contributed by atoms with Crippen molar-refractivity contribution in [3.05, 3.63) is 24.3 Å². The van der Waals surface area contributed by atoms with E-state index in [0.29, 0.717) is 0 Å². The predicted molar refractivity (Wildman–Crippen MR) is 79.4 cm³/mol. The van der Waals surface area contributed by atoms with Gasteiger partial charge in [-0.2, -0.15) is 0 Å². The van der Waals surface area contributed by atoms with Gasteiger partial charge in [0.25, 0.3) is 0 Å². The minimum Gasteiger partial charge on any atom is -0.317 e. The number of unbranched alkanes of at least 4 members (excludes halogenated alkanes) is 6. The summed E-state index contributed by atoms with van der Waals surface area (Å²) in [6.45, 7) is 6.59. The molecule has 0 rings (SSSR count). The van der Waals surface area contributed by atoms with Crippen LogP contribution in [-0.4, -0.2) is 13.1 Å². The molecule has 100 valence electrons. The molecule has 0 aliphatic carbocycles. The SMILES string of the molecule is C/C=C/CCCCCNCCCCC/C=C/C. The molecule has 17 heavy (non-hydrogen) atoms. The lowest BCUT2D eigenvalue weighted by molar-refractivity contribution is 0.571. The lowest BCUT2D eigenvalue weighted by Gasteiger charge is -2.03. The minimum atomic E-state index is 1.20. The molecule has 1 nitrogen and oxygen atoms in total. The fraction of sp³-hybridized carbons (Fsp3) is 0.750. The Morgan fingerprint density at radius 3 is 1.53 bits per heavy atom. The average Bonchev–Trinajstić information content (AvgIpc) is 2.35. The first-order valence-electron chi connectivity index (χ1n) is 7.34. The third-order valence-corrected chi connectivity index (χ3v) is 2.92. The maximum Gasteiger partial charge on any atom is -0.00489 e. The maximum atomic E-state index is 3.53. The molecule has 0 saturated heterocycles. The highest BCUT2D eigenvalue weighted by atomic mass is 14.8. The molecule has 0 aromatic rings. The molecule has 0 amide bonds. The summed E-state index contributed by atoms with van der Waals surface area (Å²) >= 11 is 0. The van der Waals surface area contributed by atoms with Gasteiger partial charge in [-0.3, -0.25) is 0 Å². The summed E-state index contributed by atoms with van der Waals surface area (Å²) in [6.07, 6.45) is 19.4. The van der Waals surface area contributed by atoms with Crippen molar-refractivity contribution in [2.45, 2.75) is 65.2 Å². The highest BCUT2D eigenvalue weighted by Gasteiger charge is 1.90. The third kappa shape index (κ3) is 15.4. The van der Waals surface area contributed by atoms with Gasteiger partial charge in [0.2, 0.25) is 0 Å². The Morgan fingerprint density at radius 2 is 1.12 bits per heavy atom. The van der Waals surface area contributed by atoms with E-state index in [1.54, 1.807) is 0 Å². The Balaban J connectivity index is 2.94. The average molecular weight is 237 g/mol. The molecule has 0 radical (unpaired) electrons. The van der Waals surface area contributed by atoms with E-state index < -0.39 is 0 Å². The van der Waals surface area contributed by atoms with E-state index >= 15 is 0 Å². The molecule has 0 aliphatic rings. The van der Waals surface area contributed by atoms with E-state index in [4.69, 9.17) is 0 Å². The number of hydrogen-bond donors (Lipinski definition) is 1. The monoisotopic (exact) mass is 237 g/mol. The van der Waals surface area contributed by atoms with Gasteiger partial charge in [-0.15, -0.1) is 0 Å². The van der Waals surface area contributed by atoms with E-state index in [9.17, 15) is 0 Å². The Kier molecular flexibility index (Phi) is 14.9. The van der Waals surface area contributed by atoms with Gasteiger partial charge in [0.05, 0.1) is 0 Å².